The van der Waals surface area contributed by atoms with Crippen molar-refractivity contribution in [3.8, 4) is 0 Å². The lowest BCUT2D eigenvalue weighted by Crippen LogP contribution is -2.31. The molecule has 1 aliphatic heterocycles. The molecule has 0 atom stereocenters. The second-order valence-corrected chi connectivity index (χ2v) is 7.26. The van der Waals surface area contributed by atoms with Gasteiger partial charge in [0.15, 0.2) is 5.16 Å². The third-order valence-electron chi connectivity index (χ3n) is 4.58. The first-order valence-corrected chi connectivity index (χ1v) is 9.65. The average molecular weight is 370 g/mol. The molecule has 134 valence electrons. The number of amides is 1. The van der Waals surface area contributed by atoms with Gasteiger partial charge in [-0.25, -0.2) is 9.37 Å². The summed E-state index contributed by atoms with van der Waals surface area (Å²) in [5, 5.41) is 0.712. The number of carbonyl (C=O) groups excluding carboxylic acids is 1. The summed E-state index contributed by atoms with van der Waals surface area (Å²) < 4.78 is 15.8. The van der Waals surface area contributed by atoms with E-state index in [-0.39, 0.29) is 18.3 Å². The molecule has 4 rings (SSSR count). The monoisotopic (exact) mass is 370 g/mol. The van der Waals surface area contributed by atoms with Gasteiger partial charge in [-0.1, -0.05) is 30.0 Å². The van der Waals surface area contributed by atoms with Crippen LogP contribution in [0.25, 0.3) is 11.0 Å². The van der Waals surface area contributed by atoms with Crippen molar-refractivity contribution in [2.75, 3.05) is 13.1 Å². The highest BCUT2D eigenvalue weighted by Gasteiger charge is 2.21. The van der Waals surface area contributed by atoms with Gasteiger partial charge >= 0.3 is 0 Å². The molecule has 26 heavy (non-hydrogen) atoms. The first-order valence-electron chi connectivity index (χ1n) is 8.66. The number of imidazole rings is 1. The van der Waals surface area contributed by atoms with Crippen LogP contribution in [0.4, 0.5) is 4.39 Å². The Bertz CT molecular complexity index is 936. The van der Waals surface area contributed by atoms with Crippen molar-refractivity contribution in [1.29, 1.82) is 0 Å². The molecule has 5 nitrogen and oxygen atoms in total. The van der Waals surface area contributed by atoms with Crippen molar-refractivity contribution < 1.29 is 9.18 Å². The van der Waals surface area contributed by atoms with Crippen molar-refractivity contribution in [3.05, 3.63) is 54.1 Å². The van der Waals surface area contributed by atoms with Crippen LogP contribution >= 0.6 is 11.8 Å². The minimum atomic E-state index is -0.225. The van der Waals surface area contributed by atoms with Crippen LogP contribution in [-0.2, 0) is 17.1 Å². The largest absolute Gasteiger partial charge is 0.341 e. The Kier molecular flexibility index (Phi) is 4.88. The highest BCUT2D eigenvalue weighted by atomic mass is 32.2. The Morgan fingerprint density at radius 2 is 2.00 bits per heavy atom. The van der Waals surface area contributed by atoms with Crippen molar-refractivity contribution in [2.45, 2.75) is 30.3 Å². The molecule has 3 aromatic rings. The molecule has 1 fully saturated rings. The number of hydrogen-bond donors (Lipinski definition) is 0. The predicted octanol–water partition coefficient (Wildman–Crippen LogP) is 3.49. The number of halogens is 1. The van der Waals surface area contributed by atoms with Gasteiger partial charge in [-0.15, -0.1) is 0 Å². The fourth-order valence-electron chi connectivity index (χ4n) is 3.17. The molecule has 1 aromatic carbocycles. The number of likely N-dealkylation sites (tertiary alicyclic amines) is 1. The standard InChI is InChI=1S/C19H19FN4OS/c20-15-6-2-1-5-14(15)13-26-19-22-16-7-8-21-11-17(16)24(19)12-18(25)23-9-3-4-10-23/h1-2,5-8,11H,3-4,9-10,12-13H2. The maximum absolute atomic E-state index is 13.9. The zero-order valence-corrected chi connectivity index (χ0v) is 15.1. The summed E-state index contributed by atoms with van der Waals surface area (Å²) in [7, 11) is 0. The van der Waals surface area contributed by atoms with E-state index in [0.717, 1.165) is 37.0 Å². The molecule has 0 bridgehead atoms. The van der Waals surface area contributed by atoms with Crippen LogP contribution in [0.5, 0.6) is 0 Å². The van der Waals surface area contributed by atoms with Gasteiger partial charge in [-0.05, 0) is 30.5 Å². The quantitative estimate of drug-likeness (QED) is 0.645. The number of pyridine rings is 1. The highest BCUT2D eigenvalue weighted by Crippen LogP contribution is 2.27. The Balaban J connectivity index is 1.61. The summed E-state index contributed by atoms with van der Waals surface area (Å²) in [6.45, 7) is 1.88. The van der Waals surface area contributed by atoms with E-state index in [1.807, 2.05) is 21.6 Å². The lowest BCUT2D eigenvalue weighted by Gasteiger charge is -2.16. The molecular weight excluding hydrogens is 351 g/mol. The molecule has 0 spiro atoms. The second-order valence-electron chi connectivity index (χ2n) is 6.31. The van der Waals surface area contributed by atoms with Crippen molar-refractivity contribution in [2.24, 2.45) is 0 Å². The summed E-state index contributed by atoms with van der Waals surface area (Å²) in [4.78, 5) is 23.3. The first kappa shape index (κ1) is 17.0. The molecule has 2 aromatic heterocycles. The van der Waals surface area contributed by atoms with E-state index < -0.39 is 0 Å². The van der Waals surface area contributed by atoms with E-state index in [1.54, 1.807) is 24.5 Å². The topological polar surface area (TPSA) is 51.0 Å². The van der Waals surface area contributed by atoms with Gasteiger partial charge in [0, 0.05) is 25.0 Å². The summed E-state index contributed by atoms with van der Waals surface area (Å²) in [6.07, 6.45) is 5.54. The molecule has 1 amide bonds. The van der Waals surface area contributed by atoms with E-state index in [1.165, 1.54) is 17.8 Å². The van der Waals surface area contributed by atoms with E-state index in [9.17, 15) is 9.18 Å². The molecule has 3 heterocycles. The minimum absolute atomic E-state index is 0.0957. The third kappa shape index (κ3) is 3.44. The number of aromatic nitrogens is 3. The fraction of sp³-hybridized carbons (Fsp3) is 0.316. The van der Waals surface area contributed by atoms with Gasteiger partial charge in [0.1, 0.15) is 12.4 Å². The van der Waals surface area contributed by atoms with Crippen molar-refractivity contribution >= 4 is 28.7 Å². The lowest BCUT2D eigenvalue weighted by atomic mass is 10.2. The lowest BCUT2D eigenvalue weighted by molar-refractivity contribution is -0.130. The molecule has 0 N–H and O–H groups in total. The van der Waals surface area contributed by atoms with E-state index in [4.69, 9.17) is 0 Å². The summed E-state index contributed by atoms with van der Waals surface area (Å²) in [6, 6.07) is 8.56. The normalized spacial score (nSPS) is 14.3. The molecular formula is C19H19FN4OS. The van der Waals surface area contributed by atoms with Gasteiger partial charge in [-0.2, -0.15) is 0 Å². The Hall–Kier alpha value is -2.41. The van der Waals surface area contributed by atoms with Crippen molar-refractivity contribution in [3.63, 3.8) is 0 Å². The van der Waals surface area contributed by atoms with Crippen LogP contribution in [0.3, 0.4) is 0 Å². The smallest absolute Gasteiger partial charge is 0.242 e. The molecule has 0 saturated carbocycles. The number of fused-ring (bicyclic) bond motifs is 1. The van der Waals surface area contributed by atoms with Crippen LogP contribution in [0.1, 0.15) is 18.4 Å². The van der Waals surface area contributed by atoms with Crippen LogP contribution in [0, 0.1) is 5.82 Å². The summed E-state index contributed by atoms with van der Waals surface area (Å²) >= 11 is 1.44. The van der Waals surface area contributed by atoms with Crippen molar-refractivity contribution in [1.82, 2.24) is 19.4 Å². The predicted molar refractivity (Wildman–Crippen MR) is 99.3 cm³/mol. The van der Waals surface area contributed by atoms with Crippen LogP contribution < -0.4 is 0 Å². The number of thioether (sulfide) groups is 1. The number of carbonyl (C=O) groups is 1. The Morgan fingerprint density at radius 3 is 2.81 bits per heavy atom. The molecule has 0 unspecified atom stereocenters. The van der Waals surface area contributed by atoms with Gasteiger partial charge in [0.25, 0.3) is 0 Å². The average Bonchev–Trinajstić information content (AvgIpc) is 3.30. The molecule has 1 aliphatic rings. The highest BCUT2D eigenvalue weighted by molar-refractivity contribution is 7.98. The molecule has 0 aliphatic carbocycles. The Labute approximate surface area is 155 Å². The third-order valence-corrected chi connectivity index (χ3v) is 5.61. The van der Waals surface area contributed by atoms with E-state index in [2.05, 4.69) is 9.97 Å². The fourth-order valence-corrected chi connectivity index (χ4v) is 4.17. The van der Waals surface area contributed by atoms with Gasteiger partial charge in [-0.3, -0.25) is 9.78 Å². The maximum Gasteiger partial charge on any atom is 0.242 e. The second kappa shape index (κ2) is 7.45. The minimum Gasteiger partial charge on any atom is -0.341 e. The van der Waals surface area contributed by atoms with Crippen LogP contribution in [0.2, 0.25) is 0 Å². The zero-order chi connectivity index (χ0) is 17.9. The van der Waals surface area contributed by atoms with Crippen LogP contribution in [0.15, 0.2) is 47.9 Å². The summed E-state index contributed by atoms with van der Waals surface area (Å²) in [5.74, 6) is 0.331. The number of nitrogens with zero attached hydrogens (tertiary/aromatic N) is 4. The van der Waals surface area contributed by atoms with Crippen LogP contribution in [-0.4, -0.2) is 38.4 Å². The Morgan fingerprint density at radius 1 is 1.19 bits per heavy atom. The molecule has 7 heteroatoms. The number of rotatable bonds is 5. The van der Waals surface area contributed by atoms with E-state index >= 15 is 0 Å². The summed E-state index contributed by atoms with van der Waals surface area (Å²) in [5.41, 5.74) is 2.25. The maximum atomic E-state index is 13.9. The van der Waals surface area contributed by atoms with Gasteiger partial charge < -0.3 is 9.47 Å². The number of benzene rings is 1. The van der Waals surface area contributed by atoms with Gasteiger partial charge in [0.05, 0.1) is 17.2 Å². The zero-order valence-electron chi connectivity index (χ0n) is 14.3. The SMILES string of the molecule is O=C(Cn1c(SCc2ccccc2F)nc2ccncc21)N1CCCC1. The molecule has 1 saturated heterocycles. The molecule has 0 radical (unpaired) electrons. The number of hydrogen-bond acceptors (Lipinski definition) is 4. The first-order chi connectivity index (χ1) is 12.7. The van der Waals surface area contributed by atoms with E-state index in [0.29, 0.717) is 16.5 Å². The van der Waals surface area contributed by atoms with Gasteiger partial charge in [0.2, 0.25) is 5.91 Å².